The molecule has 0 bridgehead atoms. The van der Waals surface area contributed by atoms with Crippen LogP contribution >= 0.6 is 0 Å². The summed E-state index contributed by atoms with van der Waals surface area (Å²) in [4.78, 5) is 14.1. The van der Waals surface area contributed by atoms with Gasteiger partial charge in [-0.1, -0.05) is 12.8 Å². The fraction of sp³-hybridized carbons (Fsp3) is 0.923. The highest BCUT2D eigenvalue weighted by molar-refractivity contribution is 5.76. The van der Waals surface area contributed by atoms with Crippen molar-refractivity contribution in [2.24, 2.45) is 11.3 Å². The van der Waals surface area contributed by atoms with E-state index in [0.717, 1.165) is 0 Å². The Bertz CT molecular complexity index is 242. The number of rotatable bonds is 4. The monoisotopic (exact) mass is 227 g/mol. The quantitative estimate of drug-likeness (QED) is 0.690. The SMILES string of the molecule is COC(=O)C(C)(C)C(C1CCCC1)N(C)C. The Morgan fingerprint density at radius 2 is 1.81 bits per heavy atom. The molecular weight excluding hydrogens is 202 g/mol. The molecule has 94 valence electrons. The summed E-state index contributed by atoms with van der Waals surface area (Å²) in [5.41, 5.74) is -0.423. The predicted octanol–water partition coefficient (Wildman–Crippen LogP) is 2.31. The Morgan fingerprint density at radius 3 is 2.19 bits per heavy atom. The molecule has 1 saturated carbocycles. The van der Waals surface area contributed by atoms with E-state index in [1.54, 1.807) is 0 Å². The molecule has 16 heavy (non-hydrogen) atoms. The van der Waals surface area contributed by atoms with Crippen LogP contribution in [0.2, 0.25) is 0 Å². The molecule has 1 fully saturated rings. The minimum Gasteiger partial charge on any atom is -0.469 e. The van der Waals surface area contributed by atoms with Crippen LogP contribution < -0.4 is 0 Å². The van der Waals surface area contributed by atoms with Crippen molar-refractivity contribution in [3.05, 3.63) is 0 Å². The average molecular weight is 227 g/mol. The zero-order valence-corrected chi connectivity index (χ0v) is 11.2. The van der Waals surface area contributed by atoms with E-state index in [2.05, 4.69) is 19.0 Å². The highest BCUT2D eigenvalue weighted by Gasteiger charge is 2.44. The molecule has 1 atom stereocenters. The summed E-state index contributed by atoms with van der Waals surface area (Å²) in [6.07, 6.45) is 5.07. The van der Waals surface area contributed by atoms with Crippen LogP contribution in [0.1, 0.15) is 39.5 Å². The zero-order chi connectivity index (χ0) is 12.3. The Labute approximate surface area is 99.1 Å². The zero-order valence-electron chi connectivity index (χ0n) is 11.2. The maximum Gasteiger partial charge on any atom is 0.312 e. The van der Waals surface area contributed by atoms with Crippen LogP contribution in [0.3, 0.4) is 0 Å². The Hall–Kier alpha value is -0.570. The van der Waals surface area contributed by atoms with Crippen molar-refractivity contribution < 1.29 is 9.53 Å². The lowest BCUT2D eigenvalue weighted by molar-refractivity contribution is -0.155. The van der Waals surface area contributed by atoms with Gasteiger partial charge in [0.25, 0.3) is 0 Å². The summed E-state index contributed by atoms with van der Waals surface area (Å²) in [7, 11) is 5.60. The molecule has 1 rings (SSSR count). The van der Waals surface area contributed by atoms with Crippen molar-refractivity contribution >= 4 is 5.97 Å². The normalized spacial score (nSPS) is 20.1. The molecule has 0 aliphatic heterocycles. The van der Waals surface area contributed by atoms with Crippen molar-refractivity contribution in [3.63, 3.8) is 0 Å². The van der Waals surface area contributed by atoms with E-state index in [1.807, 2.05) is 13.8 Å². The van der Waals surface area contributed by atoms with Crippen molar-refractivity contribution in [1.29, 1.82) is 0 Å². The first-order chi connectivity index (χ1) is 7.41. The van der Waals surface area contributed by atoms with Crippen molar-refractivity contribution in [2.45, 2.75) is 45.6 Å². The largest absolute Gasteiger partial charge is 0.469 e. The third kappa shape index (κ3) is 2.57. The van der Waals surface area contributed by atoms with Gasteiger partial charge in [0, 0.05) is 6.04 Å². The van der Waals surface area contributed by atoms with Crippen LogP contribution in [0.15, 0.2) is 0 Å². The molecule has 0 spiro atoms. The van der Waals surface area contributed by atoms with Crippen LogP contribution in [0.25, 0.3) is 0 Å². The molecule has 0 N–H and O–H groups in total. The number of ether oxygens (including phenoxy) is 1. The molecule has 1 unspecified atom stereocenters. The molecule has 1 aliphatic carbocycles. The minimum absolute atomic E-state index is 0.0990. The van der Waals surface area contributed by atoms with Crippen molar-refractivity contribution in [2.75, 3.05) is 21.2 Å². The highest BCUT2D eigenvalue weighted by atomic mass is 16.5. The molecule has 0 aromatic heterocycles. The van der Waals surface area contributed by atoms with Gasteiger partial charge in [0.05, 0.1) is 12.5 Å². The van der Waals surface area contributed by atoms with Gasteiger partial charge >= 0.3 is 5.97 Å². The van der Waals surface area contributed by atoms with Crippen LogP contribution in [-0.2, 0) is 9.53 Å². The number of carbonyl (C=O) groups excluding carboxylic acids is 1. The van der Waals surface area contributed by atoms with Crippen LogP contribution in [0, 0.1) is 11.3 Å². The van der Waals surface area contributed by atoms with Crippen molar-refractivity contribution in [3.8, 4) is 0 Å². The summed E-state index contributed by atoms with van der Waals surface area (Å²) < 4.78 is 4.94. The topological polar surface area (TPSA) is 29.5 Å². The first-order valence-corrected chi connectivity index (χ1v) is 6.16. The summed E-state index contributed by atoms with van der Waals surface area (Å²) in [5.74, 6) is 0.530. The van der Waals surface area contributed by atoms with Gasteiger partial charge in [0.2, 0.25) is 0 Å². The maximum atomic E-state index is 11.9. The second kappa shape index (κ2) is 5.17. The van der Waals surface area contributed by atoms with Gasteiger partial charge in [0.15, 0.2) is 0 Å². The molecule has 3 nitrogen and oxygen atoms in total. The minimum atomic E-state index is -0.423. The van der Waals surface area contributed by atoms with E-state index < -0.39 is 5.41 Å². The third-order valence-electron chi connectivity index (χ3n) is 3.85. The fourth-order valence-electron chi connectivity index (χ4n) is 3.31. The van der Waals surface area contributed by atoms with Crippen LogP contribution in [-0.4, -0.2) is 38.1 Å². The van der Waals surface area contributed by atoms with Gasteiger partial charge in [-0.3, -0.25) is 4.79 Å². The van der Waals surface area contributed by atoms with Gasteiger partial charge < -0.3 is 9.64 Å². The lowest BCUT2D eigenvalue weighted by atomic mass is 9.76. The number of hydrogen-bond acceptors (Lipinski definition) is 3. The smallest absolute Gasteiger partial charge is 0.312 e. The lowest BCUT2D eigenvalue weighted by Crippen LogP contribution is -2.50. The molecule has 1 aliphatic rings. The highest BCUT2D eigenvalue weighted by Crippen LogP contribution is 2.39. The van der Waals surface area contributed by atoms with E-state index in [4.69, 9.17) is 4.74 Å². The van der Waals surface area contributed by atoms with E-state index in [9.17, 15) is 4.79 Å². The number of esters is 1. The number of carbonyl (C=O) groups is 1. The van der Waals surface area contributed by atoms with Gasteiger partial charge in [-0.15, -0.1) is 0 Å². The van der Waals surface area contributed by atoms with E-state index in [0.29, 0.717) is 5.92 Å². The second-order valence-corrected chi connectivity index (χ2v) is 5.67. The first-order valence-electron chi connectivity index (χ1n) is 6.16. The molecule has 3 heteroatoms. The third-order valence-corrected chi connectivity index (χ3v) is 3.85. The lowest BCUT2D eigenvalue weighted by Gasteiger charge is -2.40. The number of hydrogen-bond donors (Lipinski definition) is 0. The predicted molar refractivity (Wildman–Crippen MR) is 65.2 cm³/mol. The van der Waals surface area contributed by atoms with E-state index >= 15 is 0 Å². The number of nitrogens with zero attached hydrogens (tertiary/aromatic N) is 1. The Balaban J connectivity index is 2.87. The Morgan fingerprint density at radius 1 is 1.31 bits per heavy atom. The molecule has 0 aromatic rings. The summed E-state index contributed by atoms with van der Waals surface area (Å²) in [5, 5.41) is 0. The first kappa shape index (κ1) is 13.5. The van der Waals surface area contributed by atoms with Crippen LogP contribution in [0.5, 0.6) is 0 Å². The molecule has 0 radical (unpaired) electrons. The maximum absolute atomic E-state index is 11.9. The summed E-state index contributed by atoms with van der Waals surface area (Å²) in [6, 6.07) is 0.280. The molecular formula is C13H25NO2. The number of methoxy groups -OCH3 is 1. The van der Waals surface area contributed by atoms with Crippen molar-refractivity contribution in [1.82, 2.24) is 4.90 Å². The van der Waals surface area contributed by atoms with E-state index in [1.165, 1.54) is 32.8 Å². The van der Waals surface area contributed by atoms with Gasteiger partial charge in [-0.25, -0.2) is 0 Å². The van der Waals surface area contributed by atoms with Gasteiger partial charge in [-0.2, -0.15) is 0 Å². The fourth-order valence-corrected chi connectivity index (χ4v) is 3.31. The summed E-state index contributed by atoms with van der Waals surface area (Å²) >= 11 is 0. The molecule has 0 amide bonds. The molecule has 0 saturated heterocycles. The molecule has 0 heterocycles. The second-order valence-electron chi connectivity index (χ2n) is 5.67. The molecule has 0 aromatic carbocycles. The summed E-state index contributed by atoms with van der Waals surface area (Å²) in [6.45, 7) is 4.00. The standard InChI is InChI=1S/C13H25NO2/c1-13(2,12(15)16-5)11(14(3)4)10-8-6-7-9-10/h10-11H,6-9H2,1-5H3. The van der Waals surface area contributed by atoms with Gasteiger partial charge in [0.1, 0.15) is 0 Å². The van der Waals surface area contributed by atoms with Crippen LogP contribution in [0.4, 0.5) is 0 Å². The van der Waals surface area contributed by atoms with Gasteiger partial charge in [-0.05, 0) is 46.7 Å². The van der Waals surface area contributed by atoms with E-state index in [-0.39, 0.29) is 12.0 Å². The average Bonchev–Trinajstić information content (AvgIpc) is 2.68. The Kier molecular flexibility index (Phi) is 4.36.